The van der Waals surface area contributed by atoms with Gasteiger partial charge in [-0.3, -0.25) is 14.8 Å². The number of rotatable bonds is 9. The van der Waals surface area contributed by atoms with E-state index in [2.05, 4.69) is 75.4 Å². The van der Waals surface area contributed by atoms with Crippen LogP contribution in [-0.4, -0.2) is 99.3 Å². The van der Waals surface area contributed by atoms with E-state index in [1.165, 1.54) is 24.2 Å². The van der Waals surface area contributed by atoms with Crippen LogP contribution in [0.5, 0.6) is 0 Å². The quantitative estimate of drug-likeness (QED) is 0.270. The number of nitrogens with zero attached hydrogens (tertiary/aromatic N) is 4. The summed E-state index contributed by atoms with van der Waals surface area (Å²) >= 11 is 0. The van der Waals surface area contributed by atoms with Crippen molar-refractivity contribution < 1.29 is 4.74 Å². The molecule has 2 aliphatic rings. The van der Waals surface area contributed by atoms with Crippen molar-refractivity contribution in [1.29, 1.82) is 0 Å². The Hall–Kier alpha value is -0.940. The van der Waals surface area contributed by atoms with Crippen LogP contribution in [-0.2, 0) is 17.8 Å². The molecule has 0 radical (unpaired) electrons. The third-order valence-electron chi connectivity index (χ3n) is 6.86. The lowest BCUT2D eigenvalue weighted by Gasteiger charge is -2.37. The first-order chi connectivity index (χ1) is 15.6. The van der Waals surface area contributed by atoms with Gasteiger partial charge in [0.15, 0.2) is 5.96 Å². The summed E-state index contributed by atoms with van der Waals surface area (Å²) in [6.45, 7) is 19.0. The molecule has 33 heavy (non-hydrogen) atoms. The fourth-order valence-electron chi connectivity index (χ4n) is 4.69. The summed E-state index contributed by atoms with van der Waals surface area (Å²) in [5.74, 6) is 1.45. The highest BCUT2D eigenvalue weighted by atomic mass is 127. The molecule has 8 heteroatoms. The molecule has 0 saturated carbocycles. The minimum atomic E-state index is 0. The van der Waals surface area contributed by atoms with E-state index < -0.39 is 0 Å². The Morgan fingerprint density at radius 1 is 0.970 bits per heavy atom. The summed E-state index contributed by atoms with van der Waals surface area (Å²) in [4.78, 5) is 12.1. The normalized spacial score (nSPS) is 19.8. The maximum absolute atomic E-state index is 5.54. The fraction of sp³-hybridized carbons (Fsp3) is 0.720. The molecule has 1 aromatic rings. The summed E-state index contributed by atoms with van der Waals surface area (Å²) in [5.41, 5.74) is 2.76. The lowest BCUT2D eigenvalue weighted by Crippen LogP contribution is -2.52. The lowest BCUT2D eigenvalue weighted by atomic mass is 10.0. The van der Waals surface area contributed by atoms with Gasteiger partial charge in [-0.15, -0.1) is 24.0 Å². The van der Waals surface area contributed by atoms with Gasteiger partial charge in [0.25, 0.3) is 0 Å². The number of hydrogen-bond acceptors (Lipinski definition) is 5. The Labute approximate surface area is 218 Å². The van der Waals surface area contributed by atoms with Gasteiger partial charge < -0.3 is 20.3 Å². The predicted molar refractivity (Wildman–Crippen MR) is 148 cm³/mol. The van der Waals surface area contributed by atoms with Gasteiger partial charge in [0.1, 0.15) is 0 Å². The maximum atomic E-state index is 5.54. The Morgan fingerprint density at radius 3 is 2.21 bits per heavy atom. The maximum Gasteiger partial charge on any atom is 0.191 e. The summed E-state index contributed by atoms with van der Waals surface area (Å²) < 4.78 is 5.54. The minimum absolute atomic E-state index is 0. The number of piperazine rings is 1. The molecule has 2 heterocycles. The average Bonchev–Trinajstić information content (AvgIpc) is 2.83. The highest BCUT2D eigenvalue weighted by Gasteiger charge is 2.24. The molecule has 1 unspecified atom stereocenters. The van der Waals surface area contributed by atoms with Gasteiger partial charge in [-0.1, -0.05) is 45.0 Å². The van der Waals surface area contributed by atoms with Gasteiger partial charge in [-0.25, -0.2) is 0 Å². The first-order valence-corrected chi connectivity index (χ1v) is 12.4. The number of guanidine groups is 1. The third kappa shape index (κ3) is 8.98. The molecule has 0 spiro atoms. The highest BCUT2D eigenvalue weighted by molar-refractivity contribution is 14.0. The van der Waals surface area contributed by atoms with Crippen molar-refractivity contribution >= 4 is 29.9 Å². The molecule has 2 aliphatic heterocycles. The Balaban J connectivity index is 0.00000385. The van der Waals surface area contributed by atoms with Crippen LogP contribution in [0.1, 0.15) is 31.9 Å². The number of aliphatic imine (C=N–C) groups is 1. The van der Waals surface area contributed by atoms with Crippen LogP contribution < -0.4 is 10.6 Å². The Morgan fingerprint density at radius 2 is 1.61 bits per heavy atom. The molecule has 2 fully saturated rings. The van der Waals surface area contributed by atoms with Crippen LogP contribution in [0.4, 0.5) is 0 Å². The summed E-state index contributed by atoms with van der Waals surface area (Å²) in [6.07, 6.45) is 0. The lowest BCUT2D eigenvalue weighted by molar-refractivity contribution is 0.00752. The van der Waals surface area contributed by atoms with E-state index in [-0.39, 0.29) is 24.0 Å². The van der Waals surface area contributed by atoms with Crippen molar-refractivity contribution in [2.24, 2.45) is 10.9 Å². The molecule has 1 atom stereocenters. The number of ether oxygens (including phenoxy) is 1. The van der Waals surface area contributed by atoms with Crippen molar-refractivity contribution in [1.82, 2.24) is 25.3 Å². The second kappa shape index (κ2) is 15.1. The van der Waals surface area contributed by atoms with Gasteiger partial charge in [0, 0.05) is 72.0 Å². The van der Waals surface area contributed by atoms with Gasteiger partial charge in [0.2, 0.25) is 0 Å². The molecule has 3 rings (SSSR count). The molecule has 0 bridgehead atoms. The third-order valence-corrected chi connectivity index (χ3v) is 6.86. The molecule has 0 amide bonds. The molecule has 0 aliphatic carbocycles. The summed E-state index contributed by atoms with van der Waals surface area (Å²) in [5, 5.41) is 7.12. The molecular weight excluding hydrogens is 527 g/mol. The van der Waals surface area contributed by atoms with Gasteiger partial charge in [-0.05, 0) is 23.6 Å². The second-order valence-electron chi connectivity index (χ2n) is 9.25. The van der Waals surface area contributed by atoms with Gasteiger partial charge in [0.05, 0.1) is 13.2 Å². The Kier molecular flexibility index (Phi) is 13.0. The topological polar surface area (TPSA) is 55.4 Å². The average molecular weight is 573 g/mol. The zero-order valence-corrected chi connectivity index (χ0v) is 23.4. The molecule has 1 aromatic carbocycles. The molecule has 0 aromatic heterocycles. The number of nitrogens with one attached hydrogen (secondary N) is 2. The van der Waals surface area contributed by atoms with Crippen molar-refractivity contribution in [3.8, 4) is 0 Å². The number of hydrogen-bond donors (Lipinski definition) is 2. The number of benzene rings is 1. The van der Waals surface area contributed by atoms with Crippen LogP contribution in [0.3, 0.4) is 0 Å². The first kappa shape index (κ1) is 28.3. The van der Waals surface area contributed by atoms with E-state index in [1.807, 2.05) is 7.05 Å². The Bertz CT molecular complexity index is 702. The van der Waals surface area contributed by atoms with E-state index in [1.54, 1.807) is 0 Å². The molecule has 2 saturated heterocycles. The van der Waals surface area contributed by atoms with E-state index in [0.29, 0.717) is 12.0 Å². The van der Waals surface area contributed by atoms with E-state index in [0.717, 1.165) is 71.5 Å². The van der Waals surface area contributed by atoms with Crippen LogP contribution in [0, 0.1) is 5.92 Å². The summed E-state index contributed by atoms with van der Waals surface area (Å²) in [7, 11) is 1.85. The zero-order chi connectivity index (χ0) is 22.8. The van der Waals surface area contributed by atoms with Crippen LogP contribution in [0.2, 0.25) is 0 Å². The zero-order valence-electron chi connectivity index (χ0n) is 21.1. The molecule has 7 nitrogen and oxygen atoms in total. The predicted octanol–water partition coefficient (Wildman–Crippen LogP) is 2.46. The van der Waals surface area contributed by atoms with Crippen molar-refractivity contribution in [3.05, 3.63) is 35.4 Å². The monoisotopic (exact) mass is 572 g/mol. The molecule has 2 N–H and O–H groups in total. The van der Waals surface area contributed by atoms with Crippen LogP contribution in [0.15, 0.2) is 29.3 Å². The first-order valence-electron chi connectivity index (χ1n) is 12.4. The van der Waals surface area contributed by atoms with E-state index in [9.17, 15) is 0 Å². The van der Waals surface area contributed by atoms with Crippen molar-refractivity contribution in [2.45, 2.75) is 39.9 Å². The van der Waals surface area contributed by atoms with Crippen molar-refractivity contribution in [3.63, 3.8) is 0 Å². The largest absolute Gasteiger partial charge is 0.379 e. The summed E-state index contributed by atoms with van der Waals surface area (Å²) in [6, 6.07) is 9.28. The van der Waals surface area contributed by atoms with Crippen LogP contribution >= 0.6 is 24.0 Å². The SMILES string of the molecule is CCN1CCN(Cc2ccccc2CNC(=NC)NCC(C(C)C)N2CCOCC2)CC1.I. The standard InChI is InChI=1S/C25H44N6O.HI/c1-5-29-10-12-30(13-11-29)20-23-9-7-6-8-22(23)18-27-25(26-4)28-19-24(21(2)3)31-14-16-32-17-15-31;/h6-9,21,24H,5,10-20H2,1-4H3,(H2,26,27,28);1H. The van der Waals surface area contributed by atoms with Crippen LogP contribution in [0.25, 0.3) is 0 Å². The highest BCUT2D eigenvalue weighted by Crippen LogP contribution is 2.14. The number of morpholine rings is 1. The minimum Gasteiger partial charge on any atom is -0.379 e. The molecular formula is C25H45IN6O. The number of likely N-dealkylation sites (N-methyl/N-ethyl adjacent to an activating group) is 1. The molecule has 188 valence electrons. The number of halogens is 1. The smallest absolute Gasteiger partial charge is 0.191 e. The second-order valence-corrected chi connectivity index (χ2v) is 9.25. The fourth-order valence-corrected chi connectivity index (χ4v) is 4.69. The van der Waals surface area contributed by atoms with E-state index >= 15 is 0 Å². The van der Waals surface area contributed by atoms with E-state index in [4.69, 9.17) is 4.74 Å². The van der Waals surface area contributed by atoms with Crippen molar-refractivity contribution in [2.75, 3.05) is 72.6 Å². The van der Waals surface area contributed by atoms with Gasteiger partial charge >= 0.3 is 0 Å². The van der Waals surface area contributed by atoms with Gasteiger partial charge in [-0.2, -0.15) is 0 Å².